The highest BCUT2D eigenvalue weighted by molar-refractivity contribution is 6.00. The molecule has 4 nitrogen and oxygen atoms in total. The Hall–Kier alpha value is -2.63. The largest absolute Gasteiger partial charge is 0.396 e. The van der Waals surface area contributed by atoms with E-state index >= 15 is 0 Å². The Morgan fingerprint density at radius 3 is 2.42 bits per heavy atom. The predicted octanol–water partition coefficient (Wildman–Crippen LogP) is 3.19. The maximum atomic E-state index is 13.3. The van der Waals surface area contributed by atoms with Crippen LogP contribution in [-0.4, -0.2) is 6.03 Å². The molecule has 0 unspecified atom stereocenters. The van der Waals surface area contributed by atoms with Crippen molar-refractivity contribution in [1.82, 2.24) is 0 Å². The van der Waals surface area contributed by atoms with Crippen LogP contribution in [0.2, 0.25) is 0 Å². The van der Waals surface area contributed by atoms with E-state index in [9.17, 15) is 13.6 Å². The molecule has 0 bridgehead atoms. The second-order valence-electron chi connectivity index (χ2n) is 3.80. The third kappa shape index (κ3) is 3.19. The maximum absolute atomic E-state index is 13.3. The topological polar surface area (TPSA) is 67.1 Å². The summed E-state index contributed by atoms with van der Waals surface area (Å²) < 4.78 is 26.2. The molecule has 2 amide bonds. The number of rotatable bonds is 2. The molecule has 2 aromatic rings. The summed E-state index contributed by atoms with van der Waals surface area (Å²) in [5.74, 6) is -1.11. The van der Waals surface area contributed by atoms with E-state index in [0.717, 1.165) is 6.07 Å². The number of hydrogen-bond donors (Lipinski definition) is 3. The zero-order chi connectivity index (χ0) is 13.8. The van der Waals surface area contributed by atoms with Crippen LogP contribution < -0.4 is 16.4 Å². The normalized spacial score (nSPS) is 10.0. The first kappa shape index (κ1) is 12.8. The Kier molecular flexibility index (Phi) is 3.61. The second kappa shape index (κ2) is 5.34. The zero-order valence-electron chi connectivity index (χ0n) is 9.78. The Morgan fingerprint density at radius 2 is 1.74 bits per heavy atom. The molecule has 0 saturated carbocycles. The maximum Gasteiger partial charge on any atom is 0.323 e. The molecule has 0 heterocycles. The zero-order valence-corrected chi connectivity index (χ0v) is 9.78. The Morgan fingerprint density at radius 1 is 1.00 bits per heavy atom. The Balaban J connectivity index is 2.05. The molecule has 0 spiro atoms. The number of halogens is 2. The van der Waals surface area contributed by atoms with Gasteiger partial charge in [0.1, 0.15) is 11.6 Å². The minimum atomic E-state index is -0.642. The van der Waals surface area contributed by atoms with Gasteiger partial charge in [0.25, 0.3) is 0 Å². The molecular weight excluding hydrogens is 252 g/mol. The molecule has 0 atom stereocenters. The van der Waals surface area contributed by atoms with Crippen LogP contribution >= 0.6 is 0 Å². The summed E-state index contributed by atoms with van der Waals surface area (Å²) in [7, 11) is 0. The van der Waals surface area contributed by atoms with E-state index in [1.807, 2.05) is 0 Å². The average Bonchev–Trinajstić information content (AvgIpc) is 2.37. The fourth-order valence-electron chi connectivity index (χ4n) is 1.47. The Labute approximate surface area is 108 Å². The molecule has 0 radical (unpaired) electrons. The molecule has 6 heteroatoms. The lowest BCUT2D eigenvalue weighted by molar-refractivity contribution is 0.262. The van der Waals surface area contributed by atoms with Crippen molar-refractivity contribution in [3.05, 3.63) is 54.1 Å². The van der Waals surface area contributed by atoms with Gasteiger partial charge in [-0.2, -0.15) is 0 Å². The summed E-state index contributed by atoms with van der Waals surface area (Å²) in [6.07, 6.45) is 0. The molecule has 0 aromatic heterocycles. The van der Waals surface area contributed by atoms with Crippen molar-refractivity contribution < 1.29 is 13.6 Å². The van der Waals surface area contributed by atoms with Crippen LogP contribution in [0.25, 0.3) is 0 Å². The van der Waals surface area contributed by atoms with Crippen molar-refractivity contribution in [1.29, 1.82) is 0 Å². The van der Waals surface area contributed by atoms with Gasteiger partial charge in [0.05, 0.1) is 11.4 Å². The van der Waals surface area contributed by atoms with Gasteiger partial charge in [0, 0.05) is 5.69 Å². The fourth-order valence-corrected chi connectivity index (χ4v) is 1.47. The van der Waals surface area contributed by atoms with Crippen molar-refractivity contribution in [3.63, 3.8) is 0 Å². The van der Waals surface area contributed by atoms with Gasteiger partial charge < -0.3 is 16.4 Å². The summed E-state index contributed by atoms with van der Waals surface area (Å²) in [6.45, 7) is 0. The first-order valence-electron chi connectivity index (χ1n) is 5.44. The van der Waals surface area contributed by atoms with Gasteiger partial charge in [0.2, 0.25) is 0 Å². The smallest absolute Gasteiger partial charge is 0.323 e. The van der Waals surface area contributed by atoms with E-state index in [1.165, 1.54) is 30.3 Å². The van der Waals surface area contributed by atoms with Crippen LogP contribution in [-0.2, 0) is 0 Å². The number of urea groups is 1. The lowest BCUT2D eigenvalue weighted by atomic mass is 10.2. The van der Waals surface area contributed by atoms with Crippen LogP contribution in [0.3, 0.4) is 0 Å². The number of nitrogens with two attached hydrogens (primary N) is 1. The summed E-state index contributed by atoms with van der Waals surface area (Å²) in [6, 6.07) is 8.88. The van der Waals surface area contributed by atoms with Crippen LogP contribution in [0.5, 0.6) is 0 Å². The molecule has 2 aromatic carbocycles. The van der Waals surface area contributed by atoms with Crippen LogP contribution in [0.4, 0.5) is 30.6 Å². The molecule has 0 aliphatic heterocycles. The number of carbonyl (C=O) groups is 1. The van der Waals surface area contributed by atoms with Crippen molar-refractivity contribution in [2.45, 2.75) is 0 Å². The summed E-state index contributed by atoms with van der Waals surface area (Å²) in [4.78, 5) is 11.6. The molecule has 98 valence electrons. The molecule has 0 saturated heterocycles. The second-order valence-corrected chi connectivity index (χ2v) is 3.80. The molecule has 0 aliphatic carbocycles. The fraction of sp³-hybridized carbons (Fsp3) is 0. The third-order valence-corrected chi connectivity index (χ3v) is 2.38. The van der Waals surface area contributed by atoms with E-state index in [4.69, 9.17) is 5.73 Å². The van der Waals surface area contributed by atoms with Crippen molar-refractivity contribution >= 4 is 23.1 Å². The van der Waals surface area contributed by atoms with E-state index in [0.29, 0.717) is 5.69 Å². The van der Waals surface area contributed by atoms with E-state index in [-0.39, 0.29) is 11.4 Å². The van der Waals surface area contributed by atoms with Crippen LogP contribution in [0.1, 0.15) is 0 Å². The first-order chi connectivity index (χ1) is 9.06. The first-order valence-corrected chi connectivity index (χ1v) is 5.44. The lowest BCUT2D eigenvalue weighted by Crippen LogP contribution is -2.20. The highest BCUT2D eigenvalue weighted by atomic mass is 19.1. The van der Waals surface area contributed by atoms with Gasteiger partial charge in [-0.05, 0) is 30.3 Å². The number of anilines is 3. The highest BCUT2D eigenvalue weighted by Gasteiger charge is 2.07. The number of amides is 2. The van der Waals surface area contributed by atoms with Gasteiger partial charge in [-0.25, -0.2) is 13.6 Å². The number of nitrogens with one attached hydrogen (secondary N) is 2. The van der Waals surface area contributed by atoms with Crippen molar-refractivity contribution in [2.75, 3.05) is 16.4 Å². The van der Waals surface area contributed by atoms with Gasteiger partial charge in [-0.1, -0.05) is 12.1 Å². The number of benzene rings is 2. The molecule has 0 fully saturated rings. The van der Waals surface area contributed by atoms with Gasteiger partial charge in [0.15, 0.2) is 0 Å². The van der Waals surface area contributed by atoms with Crippen LogP contribution in [0, 0.1) is 11.6 Å². The number of nitrogen functional groups attached to an aromatic ring is 1. The Bertz CT molecular complexity index is 617. The summed E-state index contributed by atoms with van der Waals surface area (Å²) in [5, 5.41) is 4.76. The van der Waals surface area contributed by atoms with E-state index in [2.05, 4.69) is 10.6 Å². The highest BCUT2D eigenvalue weighted by Crippen LogP contribution is 2.17. The minimum absolute atomic E-state index is 0.0510. The monoisotopic (exact) mass is 263 g/mol. The minimum Gasteiger partial charge on any atom is -0.396 e. The number of carbonyl (C=O) groups excluding carboxylic acids is 1. The van der Waals surface area contributed by atoms with Crippen molar-refractivity contribution in [3.8, 4) is 0 Å². The van der Waals surface area contributed by atoms with Gasteiger partial charge in [-0.15, -0.1) is 0 Å². The van der Waals surface area contributed by atoms with Crippen LogP contribution in [0.15, 0.2) is 42.5 Å². The third-order valence-electron chi connectivity index (χ3n) is 2.38. The quantitative estimate of drug-likeness (QED) is 0.728. The molecule has 2 rings (SSSR count). The average molecular weight is 263 g/mol. The molecule has 0 aliphatic rings. The number of hydrogen-bond acceptors (Lipinski definition) is 2. The lowest BCUT2D eigenvalue weighted by Gasteiger charge is -2.09. The van der Waals surface area contributed by atoms with Crippen molar-refractivity contribution in [2.24, 2.45) is 0 Å². The van der Waals surface area contributed by atoms with Gasteiger partial charge >= 0.3 is 6.03 Å². The molecular formula is C13H11F2N3O. The summed E-state index contributed by atoms with van der Waals surface area (Å²) in [5.41, 5.74) is 5.65. The molecule has 19 heavy (non-hydrogen) atoms. The standard InChI is InChI=1S/C13H11F2N3O/c14-9-6-5-8(7-11(9)16)17-13(19)18-12-4-2-1-3-10(12)15/h1-7H,16H2,(H2,17,18,19). The SMILES string of the molecule is Nc1cc(NC(=O)Nc2ccccc2F)ccc1F. The number of para-hydroxylation sites is 1. The predicted molar refractivity (Wildman–Crippen MR) is 69.9 cm³/mol. The van der Waals surface area contributed by atoms with Gasteiger partial charge in [-0.3, -0.25) is 0 Å². The molecule has 4 N–H and O–H groups in total. The van der Waals surface area contributed by atoms with E-state index < -0.39 is 17.7 Å². The summed E-state index contributed by atoms with van der Waals surface area (Å²) >= 11 is 0. The van der Waals surface area contributed by atoms with E-state index in [1.54, 1.807) is 6.07 Å².